The summed E-state index contributed by atoms with van der Waals surface area (Å²) in [5.41, 5.74) is 2.49. The molecule has 5 nitrogen and oxygen atoms in total. The molecule has 2 aromatic carbocycles. The van der Waals surface area contributed by atoms with E-state index >= 15 is 0 Å². The number of amides is 2. The third kappa shape index (κ3) is 3.20. The van der Waals surface area contributed by atoms with Gasteiger partial charge in [-0.25, -0.2) is 0 Å². The summed E-state index contributed by atoms with van der Waals surface area (Å²) >= 11 is 0. The lowest BCUT2D eigenvalue weighted by Gasteiger charge is -2.28. The van der Waals surface area contributed by atoms with Crippen LogP contribution in [0.25, 0.3) is 0 Å². The van der Waals surface area contributed by atoms with Crippen molar-refractivity contribution in [3.63, 3.8) is 0 Å². The minimum absolute atomic E-state index is 0.208. The second-order valence-corrected chi connectivity index (χ2v) is 5.61. The summed E-state index contributed by atoms with van der Waals surface area (Å²) in [4.78, 5) is 23.4. The van der Waals surface area contributed by atoms with Crippen LogP contribution in [0.2, 0.25) is 0 Å². The molecule has 2 amide bonds. The Morgan fingerprint density at radius 1 is 1.00 bits per heavy atom. The van der Waals surface area contributed by atoms with Gasteiger partial charge in [0, 0.05) is 25.8 Å². The summed E-state index contributed by atoms with van der Waals surface area (Å²) in [6.45, 7) is 2.65. The molecule has 0 aliphatic carbocycles. The second-order valence-electron chi connectivity index (χ2n) is 5.61. The van der Waals surface area contributed by atoms with Gasteiger partial charge in [-0.3, -0.25) is 9.59 Å². The number of rotatable bonds is 2. The Kier molecular flexibility index (Phi) is 4.42. The molecule has 3 rings (SSSR count). The monoisotopic (exact) mass is 322 g/mol. The smallest absolute Gasteiger partial charge is 0.246 e. The van der Waals surface area contributed by atoms with E-state index in [1.54, 1.807) is 0 Å². The van der Waals surface area contributed by atoms with Gasteiger partial charge in [-0.2, -0.15) is 10.1 Å². The van der Waals surface area contributed by atoms with E-state index in [-0.39, 0.29) is 6.10 Å². The predicted octanol–water partition coefficient (Wildman–Crippen LogP) is 3.31. The largest absolute Gasteiger partial charge is 0.485 e. The molecule has 0 spiro atoms. The average molecular weight is 322 g/mol. The fourth-order valence-electron chi connectivity index (χ4n) is 2.72. The molecule has 0 saturated heterocycles. The highest BCUT2D eigenvalue weighted by Crippen LogP contribution is 2.35. The van der Waals surface area contributed by atoms with Gasteiger partial charge in [0.1, 0.15) is 11.9 Å². The third-order valence-corrected chi connectivity index (χ3v) is 3.83. The maximum Gasteiger partial charge on any atom is 0.246 e. The maximum absolute atomic E-state index is 11.7. The van der Waals surface area contributed by atoms with Crippen LogP contribution in [0, 0.1) is 0 Å². The lowest BCUT2D eigenvalue weighted by molar-refractivity contribution is -0.142. The number of carbonyl (C=O) groups is 2. The number of hydrazone groups is 1. The van der Waals surface area contributed by atoms with Gasteiger partial charge < -0.3 is 4.74 Å². The fourth-order valence-corrected chi connectivity index (χ4v) is 2.72. The SMILES string of the molecule is CC(=O)N(/N=C1/C[C@@H](c2ccccc2)Oc2ccccc21)C(C)=O. The van der Waals surface area contributed by atoms with E-state index in [0.717, 1.165) is 16.1 Å². The molecule has 0 aromatic heterocycles. The van der Waals surface area contributed by atoms with Crippen LogP contribution in [0.5, 0.6) is 5.75 Å². The molecule has 1 aliphatic rings. The van der Waals surface area contributed by atoms with Crippen molar-refractivity contribution in [2.45, 2.75) is 26.4 Å². The van der Waals surface area contributed by atoms with Crippen LogP contribution in [0.1, 0.15) is 37.5 Å². The Hall–Kier alpha value is -2.95. The molecule has 0 bridgehead atoms. The van der Waals surface area contributed by atoms with Gasteiger partial charge in [0.25, 0.3) is 0 Å². The van der Waals surface area contributed by atoms with E-state index in [4.69, 9.17) is 4.74 Å². The first-order chi connectivity index (χ1) is 11.6. The number of ether oxygens (including phenoxy) is 1. The molecule has 5 heteroatoms. The molecule has 24 heavy (non-hydrogen) atoms. The Balaban J connectivity index is 2.04. The Bertz CT molecular complexity index is 785. The molecule has 0 N–H and O–H groups in total. The highest BCUT2D eigenvalue weighted by atomic mass is 16.5. The average Bonchev–Trinajstić information content (AvgIpc) is 2.59. The molecule has 0 fully saturated rings. The van der Waals surface area contributed by atoms with Gasteiger partial charge in [-0.15, -0.1) is 0 Å². The number of carbonyl (C=O) groups excluding carboxylic acids is 2. The molecule has 0 saturated carbocycles. The van der Waals surface area contributed by atoms with Gasteiger partial charge in [0.2, 0.25) is 11.8 Å². The lowest BCUT2D eigenvalue weighted by atomic mass is 9.96. The molecule has 1 aliphatic heterocycles. The van der Waals surface area contributed by atoms with Gasteiger partial charge in [0.15, 0.2) is 0 Å². The van der Waals surface area contributed by atoms with Crippen molar-refractivity contribution >= 4 is 17.5 Å². The van der Waals surface area contributed by atoms with Crippen molar-refractivity contribution < 1.29 is 14.3 Å². The minimum Gasteiger partial charge on any atom is -0.485 e. The molecular formula is C19H18N2O3. The quantitative estimate of drug-likeness (QED) is 0.797. The van der Waals surface area contributed by atoms with Gasteiger partial charge in [-0.1, -0.05) is 42.5 Å². The normalized spacial score (nSPS) is 17.8. The first-order valence-electron chi connectivity index (χ1n) is 7.76. The van der Waals surface area contributed by atoms with Crippen LogP contribution >= 0.6 is 0 Å². The lowest BCUT2D eigenvalue weighted by Crippen LogP contribution is -2.31. The molecule has 1 heterocycles. The number of hydrogen-bond donors (Lipinski definition) is 0. The van der Waals surface area contributed by atoms with Crippen LogP contribution in [0.15, 0.2) is 59.7 Å². The third-order valence-electron chi connectivity index (χ3n) is 3.83. The zero-order valence-corrected chi connectivity index (χ0v) is 13.6. The molecule has 122 valence electrons. The summed E-state index contributed by atoms with van der Waals surface area (Å²) in [7, 11) is 0. The zero-order valence-electron chi connectivity index (χ0n) is 13.6. The number of nitrogens with zero attached hydrogens (tertiary/aromatic N) is 2. The van der Waals surface area contributed by atoms with Crippen molar-refractivity contribution in [1.82, 2.24) is 5.01 Å². The zero-order chi connectivity index (χ0) is 17.1. The first kappa shape index (κ1) is 15.9. The number of benzene rings is 2. The highest BCUT2D eigenvalue weighted by Gasteiger charge is 2.27. The fraction of sp³-hybridized carbons (Fsp3) is 0.211. The van der Waals surface area contributed by atoms with Crippen LogP contribution in [0.4, 0.5) is 0 Å². The van der Waals surface area contributed by atoms with Crippen LogP contribution in [-0.4, -0.2) is 22.5 Å². The summed E-state index contributed by atoms with van der Waals surface area (Å²) in [6.07, 6.45) is 0.276. The van der Waals surface area contributed by atoms with E-state index in [2.05, 4.69) is 5.10 Å². The summed E-state index contributed by atoms with van der Waals surface area (Å²) < 4.78 is 6.08. The topological polar surface area (TPSA) is 59.0 Å². The van der Waals surface area contributed by atoms with Crippen LogP contribution in [0.3, 0.4) is 0 Å². The van der Waals surface area contributed by atoms with E-state index in [9.17, 15) is 9.59 Å². The summed E-state index contributed by atoms with van der Waals surface area (Å²) in [6, 6.07) is 17.3. The van der Waals surface area contributed by atoms with Crippen molar-refractivity contribution in [3.05, 3.63) is 65.7 Å². The van der Waals surface area contributed by atoms with Crippen LogP contribution in [-0.2, 0) is 9.59 Å². The highest BCUT2D eigenvalue weighted by molar-refractivity contribution is 6.05. The minimum atomic E-state index is -0.407. The molecule has 0 radical (unpaired) electrons. The maximum atomic E-state index is 11.7. The Morgan fingerprint density at radius 2 is 1.62 bits per heavy atom. The number of imide groups is 1. The van der Waals surface area contributed by atoms with E-state index in [0.29, 0.717) is 17.9 Å². The molecule has 2 aromatic rings. The standard InChI is InChI=1S/C19H18N2O3/c1-13(22)21(14(2)23)20-17-12-19(15-8-4-3-5-9-15)24-18-11-7-6-10-16(17)18/h3-11,19H,12H2,1-2H3/b20-17-/t19-/m0/s1. The number of fused-ring (bicyclic) bond motifs is 1. The number of para-hydroxylation sites is 1. The van der Waals surface area contributed by atoms with Crippen LogP contribution < -0.4 is 4.74 Å². The van der Waals surface area contributed by atoms with Crippen molar-refractivity contribution in [2.24, 2.45) is 5.10 Å². The summed E-state index contributed by atoms with van der Waals surface area (Å²) in [5, 5.41) is 5.22. The predicted molar refractivity (Wildman–Crippen MR) is 90.6 cm³/mol. The van der Waals surface area contributed by atoms with Gasteiger partial charge in [-0.05, 0) is 17.7 Å². The first-order valence-corrected chi connectivity index (χ1v) is 7.76. The van der Waals surface area contributed by atoms with E-state index in [1.807, 2.05) is 54.6 Å². The van der Waals surface area contributed by atoms with Crippen molar-refractivity contribution in [3.8, 4) is 5.75 Å². The molecule has 1 atom stereocenters. The Labute approximate surface area is 140 Å². The molecular weight excluding hydrogens is 304 g/mol. The summed E-state index contributed by atoms with van der Waals surface area (Å²) in [5.74, 6) is -0.117. The van der Waals surface area contributed by atoms with Crippen molar-refractivity contribution in [1.29, 1.82) is 0 Å². The van der Waals surface area contributed by atoms with Gasteiger partial charge >= 0.3 is 0 Å². The Morgan fingerprint density at radius 3 is 2.29 bits per heavy atom. The molecule has 0 unspecified atom stereocenters. The van der Waals surface area contributed by atoms with Gasteiger partial charge in [0.05, 0.1) is 5.71 Å². The second kappa shape index (κ2) is 6.66. The number of hydrogen-bond acceptors (Lipinski definition) is 4. The van der Waals surface area contributed by atoms with E-state index in [1.165, 1.54) is 13.8 Å². The van der Waals surface area contributed by atoms with E-state index < -0.39 is 11.8 Å². The van der Waals surface area contributed by atoms with Crippen molar-refractivity contribution in [2.75, 3.05) is 0 Å².